The number of hydrogen-bond acceptors (Lipinski definition) is 9. The van der Waals surface area contributed by atoms with Crippen molar-refractivity contribution >= 4 is 5.91 Å². The van der Waals surface area contributed by atoms with Crippen LogP contribution in [0, 0.1) is 0 Å². The van der Waals surface area contributed by atoms with Crippen molar-refractivity contribution in [1.29, 1.82) is 0 Å². The molecule has 386 valence electrons. The quantitative estimate of drug-likeness (QED) is 0.0232. The molecule has 0 aromatic heterocycles. The number of nitrogens with one attached hydrogen (secondary N) is 1. The van der Waals surface area contributed by atoms with Gasteiger partial charge in [-0.1, -0.05) is 244 Å². The molecule has 10 nitrogen and oxygen atoms in total. The minimum atomic E-state index is -1.60. The second-order valence-corrected chi connectivity index (χ2v) is 19.9. The predicted octanol–water partition coefficient (Wildman–Crippen LogP) is 12.2. The molecular formula is C55H107NO9. The van der Waals surface area contributed by atoms with Crippen LogP contribution in [-0.4, -0.2) is 98.7 Å². The van der Waals surface area contributed by atoms with Crippen LogP contribution in [-0.2, 0) is 14.3 Å². The first-order valence-electron chi connectivity index (χ1n) is 28.0. The lowest BCUT2D eigenvalue weighted by Crippen LogP contribution is -2.60. The molecular weight excluding hydrogens is 819 g/mol. The Labute approximate surface area is 399 Å². The third-order valence-electron chi connectivity index (χ3n) is 13.7. The third kappa shape index (κ3) is 34.8. The first kappa shape index (κ1) is 61.9. The molecule has 1 rings (SSSR count). The normalized spacial score (nSPS) is 20.4. The summed E-state index contributed by atoms with van der Waals surface area (Å²) in [5.74, 6) is -0.582. The van der Waals surface area contributed by atoms with Crippen LogP contribution in [0.1, 0.15) is 271 Å². The van der Waals surface area contributed by atoms with E-state index in [1.807, 2.05) is 0 Å². The van der Waals surface area contributed by atoms with Crippen LogP contribution in [0.2, 0.25) is 0 Å². The highest BCUT2D eigenvalue weighted by molar-refractivity contribution is 5.80. The number of amides is 1. The van der Waals surface area contributed by atoms with Crippen molar-refractivity contribution in [1.82, 2.24) is 5.32 Å². The van der Waals surface area contributed by atoms with Crippen LogP contribution < -0.4 is 5.32 Å². The summed E-state index contributed by atoms with van der Waals surface area (Å²) in [6.07, 6.45) is 44.1. The number of unbranched alkanes of at least 4 members (excludes halogenated alkanes) is 35. The smallest absolute Gasteiger partial charge is 0.249 e. The van der Waals surface area contributed by atoms with Crippen LogP contribution in [0.25, 0.3) is 0 Å². The maximum atomic E-state index is 13.1. The number of hydrogen-bond donors (Lipinski definition) is 7. The number of ether oxygens (including phenoxy) is 2. The van der Waals surface area contributed by atoms with Crippen molar-refractivity contribution in [2.24, 2.45) is 0 Å². The van der Waals surface area contributed by atoms with Crippen molar-refractivity contribution < 1.29 is 44.9 Å². The number of allylic oxidation sites excluding steroid dienone is 2. The molecule has 1 heterocycles. The van der Waals surface area contributed by atoms with Crippen molar-refractivity contribution in [2.45, 2.75) is 320 Å². The highest BCUT2D eigenvalue weighted by atomic mass is 16.7. The predicted molar refractivity (Wildman–Crippen MR) is 269 cm³/mol. The number of carbonyl (C=O) groups excluding carboxylic acids is 1. The molecule has 0 radical (unpaired) electrons. The van der Waals surface area contributed by atoms with Gasteiger partial charge in [-0.25, -0.2) is 0 Å². The van der Waals surface area contributed by atoms with Gasteiger partial charge in [-0.2, -0.15) is 0 Å². The van der Waals surface area contributed by atoms with Gasteiger partial charge in [0.2, 0.25) is 5.91 Å². The number of carbonyl (C=O) groups is 1. The van der Waals surface area contributed by atoms with E-state index < -0.39 is 61.5 Å². The van der Waals surface area contributed by atoms with Gasteiger partial charge in [0, 0.05) is 0 Å². The summed E-state index contributed by atoms with van der Waals surface area (Å²) >= 11 is 0. The van der Waals surface area contributed by atoms with Crippen LogP contribution in [0.5, 0.6) is 0 Å². The Morgan fingerprint density at radius 3 is 1.25 bits per heavy atom. The minimum absolute atomic E-state index is 0.253. The number of rotatable bonds is 48. The van der Waals surface area contributed by atoms with Crippen LogP contribution in [0.3, 0.4) is 0 Å². The van der Waals surface area contributed by atoms with Gasteiger partial charge in [0.25, 0.3) is 0 Å². The van der Waals surface area contributed by atoms with Gasteiger partial charge < -0.3 is 45.4 Å². The van der Waals surface area contributed by atoms with Gasteiger partial charge in [0.15, 0.2) is 6.29 Å². The highest BCUT2D eigenvalue weighted by Crippen LogP contribution is 2.23. The van der Waals surface area contributed by atoms with Crippen molar-refractivity contribution in [3.05, 3.63) is 12.2 Å². The summed E-state index contributed by atoms with van der Waals surface area (Å²) in [7, 11) is 0. The zero-order valence-corrected chi connectivity index (χ0v) is 42.4. The van der Waals surface area contributed by atoms with E-state index in [1.165, 1.54) is 193 Å². The Kier molecular flexibility index (Phi) is 43.2. The first-order valence-corrected chi connectivity index (χ1v) is 28.0. The van der Waals surface area contributed by atoms with E-state index in [0.29, 0.717) is 12.8 Å². The minimum Gasteiger partial charge on any atom is -0.394 e. The summed E-state index contributed by atoms with van der Waals surface area (Å²) in [6, 6.07) is -0.893. The molecule has 0 aliphatic carbocycles. The first-order chi connectivity index (χ1) is 31.8. The Morgan fingerprint density at radius 1 is 0.508 bits per heavy atom. The van der Waals surface area contributed by atoms with Gasteiger partial charge in [-0.15, -0.1) is 0 Å². The summed E-state index contributed by atoms with van der Waals surface area (Å²) in [6.45, 7) is 3.70. The summed E-state index contributed by atoms with van der Waals surface area (Å²) in [5.41, 5.74) is 0. The lowest BCUT2D eigenvalue weighted by Gasteiger charge is -2.40. The van der Waals surface area contributed by atoms with Gasteiger partial charge in [0.1, 0.15) is 30.5 Å². The Bertz CT molecular complexity index is 1050. The van der Waals surface area contributed by atoms with Gasteiger partial charge in [-0.05, 0) is 38.5 Å². The summed E-state index contributed by atoms with van der Waals surface area (Å²) in [4.78, 5) is 13.1. The fraction of sp³-hybridized carbons (Fsp3) is 0.945. The van der Waals surface area contributed by atoms with Crippen molar-refractivity contribution in [3.63, 3.8) is 0 Å². The van der Waals surface area contributed by atoms with Crippen LogP contribution in [0.15, 0.2) is 12.2 Å². The monoisotopic (exact) mass is 926 g/mol. The summed E-state index contributed by atoms with van der Waals surface area (Å²) in [5, 5.41) is 65.1. The van der Waals surface area contributed by atoms with Crippen molar-refractivity contribution in [3.8, 4) is 0 Å². The largest absolute Gasteiger partial charge is 0.394 e. The Hall–Kier alpha value is -1.11. The lowest BCUT2D eigenvalue weighted by molar-refractivity contribution is -0.302. The van der Waals surface area contributed by atoms with E-state index in [9.17, 15) is 35.4 Å². The molecule has 0 aromatic rings. The average molecular weight is 926 g/mol. The van der Waals surface area contributed by atoms with E-state index in [2.05, 4.69) is 31.3 Å². The number of aliphatic hydroxyl groups excluding tert-OH is 6. The zero-order valence-electron chi connectivity index (χ0n) is 42.4. The second kappa shape index (κ2) is 45.3. The molecule has 8 unspecified atom stereocenters. The standard InChI is InChI=1S/C55H107NO9/c1-3-5-7-9-11-13-15-17-19-21-22-23-24-25-26-27-28-30-32-34-36-38-40-42-44-49(59)54(63)56-47(46-64-55-53(62)52(61)51(60)50(45-57)65-55)48(58)43-41-39-37-35-33-31-29-20-18-16-14-12-10-8-6-4-2/h25-26,47-53,55,57-62H,3-24,27-46H2,1-2H3,(H,56,63)/b26-25-. The molecule has 65 heavy (non-hydrogen) atoms. The molecule has 0 saturated carbocycles. The molecule has 1 amide bonds. The molecule has 1 aliphatic rings. The maximum Gasteiger partial charge on any atom is 0.249 e. The fourth-order valence-electron chi connectivity index (χ4n) is 9.16. The van der Waals surface area contributed by atoms with E-state index in [4.69, 9.17) is 9.47 Å². The third-order valence-corrected chi connectivity index (χ3v) is 13.7. The van der Waals surface area contributed by atoms with Crippen LogP contribution >= 0.6 is 0 Å². The van der Waals surface area contributed by atoms with E-state index in [1.54, 1.807) is 0 Å². The molecule has 10 heteroatoms. The van der Waals surface area contributed by atoms with Crippen LogP contribution in [0.4, 0.5) is 0 Å². The molecule has 1 aliphatic heterocycles. The molecule has 1 fully saturated rings. The molecule has 0 aromatic carbocycles. The SMILES string of the molecule is CCCCCCCCCCCCCC/C=C\CCCCCCCCCCC(O)C(=O)NC(COC1OC(CO)C(O)C(O)C1O)C(O)CCCCCCCCCCCCCCCCCC. The maximum absolute atomic E-state index is 13.1. The van der Waals surface area contributed by atoms with Crippen molar-refractivity contribution in [2.75, 3.05) is 13.2 Å². The topological polar surface area (TPSA) is 169 Å². The highest BCUT2D eigenvalue weighted by Gasteiger charge is 2.44. The zero-order chi connectivity index (χ0) is 47.4. The van der Waals surface area contributed by atoms with Gasteiger partial charge in [-0.3, -0.25) is 4.79 Å². The average Bonchev–Trinajstić information content (AvgIpc) is 3.31. The lowest BCUT2D eigenvalue weighted by atomic mass is 9.99. The van der Waals surface area contributed by atoms with E-state index in [0.717, 1.165) is 51.4 Å². The van der Waals surface area contributed by atoms with Gasteiger partial charge in [0.05, 0.1) is 25.4 Å². The molecule has 8 atom stereocenters. The Balaban J connectivity index is 2.25. The molecule has 0 spiro atoms. The second-order valence-electron chi connectivity index (χ2n) is 19.9. The summed E-state index contributed by atoms with van der Waals surface area (Å²) < 4.78 is 11.2. The van der Waals surface area contributed by atoms with E-state index >= 15 is 0 Å². The molecule has 7 N–H and O–H groups in total. The number of aliphatic hydroxyl groups is 6. The fourth-order valence-corrected chi connectivity index (χ4v) is 9.16. The van der Waals surface area contributed by atoms with Gasteiger partial charge >= 0.3 is 0 Å². The molecule has 0 bridgehead atoms. The molecule has 1 saturated heterocycles. The van der Waals surface area contributed by atoms with E-state index in [-0.39, 0.29) is 6.61 Å². The Morgan fingerprint density at radius 2 is 0.862 bits per heavy atom.